The number of anilines is 1. The minimum Gasteiger partial charge on any atom is -0.481 e. The van der Waals surface area contributed by atoms with Crippen molar-refractivity contribution in [3.05, 3.63) is 21.8 Å². The molecule has 3 aliphatic rings. The number of hydrogen-bond acceptors (Lipinski definition) is 6. The van der Waals surface area contributed by atoms with Gasteiger partial charge in [0, 0.05) is 31.1 Å². The molecule has 0 spiro atoms. The number of nitrogens with zero attached hydrogens (tertiary/aromatic N) is 4. The fraction of sp³-hybridized carbons (Fsp3) is 0.611. The Labute approximate surface area is 169 Å². The number of carboxylic acid groups (broad SMARTS) is 1. The third kappa shape index (κ3) is 3.21. The number of halogens is 4. The van der Waals surface area contributed by atoms with Gasteiger partial charge in [0.1, 0.15) is 17.5 Å². The van der Waals surface area contributed by atoms with Crippen LogP contribution in [0.2, 0.25) is 5.02 Å². The minimum absolute atomic E-state index is 0.00580. The van der Waals surface area contributed by atoms with Gasteiger partial charge in [0.05, 0.1) is 34.8 Å². The highest BCUT2D eigenvalue weighted by atomic mass is 35.5. The summed E-state index contributed by atoms with van der Waals surface area (Å²) in [4.78, 5) is 18.7. The Morgan fingerprint density at radius 1 is 1.41 bits per heavy atom. The zero-order valence-electron chi connectivity index (χ0n) is 15.3. The number of aromatic nitrogens is 1. The van der Waals surface area contributed by atoms with Crippen molar-refractivity contribution in [2.45, 2.75) is 56.1 Å². The Bertz CT molecular complexity index is 907. The lowest BCUT2D eigenvalue weighted by atomic mass is 9.94. The van der Waals surface area contributed by atoms with Gasteiger partial charge in [0.15, 0.2) is 0 Å². The topological polar surface area (TPSA) is 100 Å². The maximum Gasteiger partial charge on any atom is 0.419 e. The van der Waals surface area contributed by atoms with Gasteiger partial charge in [-0.05, 0) is 13.3 Å². The Kier molecular flexibility index (Phi) is 4.68. The summed E-state index contributed by atoms with van der Waals surface area (Å²) < 4.78 is 41.4. The van der Waals surface area contributed by atoms with Crippen molar-refractivity contribution in [2.24, 2.45) is 0 Å². The zero-order valence-corrected chi connectivity index (χ0v) is 16.1. The van der Waals surface area contributed by atoms with Crippen LogP contribution < -0.4 is 4.90 Å². The summed E-state index contributed by atoms with van der Waals surface area (Å²) in [5.74, 6) is -1.41. The summed E-state index contributed by atoms with van der Waals surface area (Å²) in [6.07, 6.45) is -5.09. The Hall–Kier alpha value is -2.09. The highest BCUT2D eigenvalue weighted by Crippen LogP contribution is 2.50. The predicted octanol–water partition coefficient (Wildman–Crippen LogP) is 2.21. The molecule has 3 fully saturated rings. The van der Waals surface area contributed by atoms with Crippen LogP contribution in [0.5, 0.6) is 0 Å². The van der Waals surface area contributed by atoms with Crippen LogP contribution in [0, 0.1) is 11.3 Å². The maximum absolute atomic E-state index is 13.8. The molecule has 3 saturated heterocycles. The number of alkyl halides is 3. The summed E-state index contributed by atoms with van der Waals surface area (Å²) in [7, 11) is 0. The van der Waals surface area contributed by atoms with Crippen molar-refractivity contribution < 1.29 is 28.2 Å². The van der Waals surface area contributed by atoms with E-state index in [9.17, 15) is 28.3 Å². The molecule has 29 heavy (non-hydrogen) atoms. The molecule has 0 radical (unpaired) electrons. The minimum atomic E-state index is -4.84. The normalized spacial score (nSPS) is 33.1. The van der Waals surface area contributed by atoms with E-state index < -0.39 is 40.4 Å². The van der Waals surface area contributed by atoms with E-state index in [1.807, 2.05) is 4.90 Å². The Morgan fingerprint density at radius 2 is 2.10 bits per heavy atom. The molecule has 7 nitrogen and oxygen atoms in total. The number of fused-ring (bicyclic) bond motifs is 1. The molecule has 1 aromatic heterocycles. The average molecular weight is 431 g/mol. The van der Waals surface area contributed by atoms with Gasteiger partial charge >= 0.3 is 12.1 Å². The van der Waals surface area contributed by atoms with Crippen molar-refractivity contribution >= 4 is 23.4 Å². The molecule has 6 atom stereocenters. The number of aliphatic hydroxyl groups is 1. The lowest BCUT2D eigenvalue weighted by Gasteiger charge is -2.45. The highest BCUT2D eigenvalue weighted by Gasteiger charge is 2.56. The standard InChI is InChI=1S/C18H18ClF3N4O3/c1-7-12(27)6-25(7)17-9(4-23)14(18(20,21)22)15(19)16(24-17)8-2-10-11(3-13(28)29)26(10)5-8/h7-8,10-12,27H,2-3,5-6H2,1H3,(H,28,29)/t7-,8?,10-,11+,12+,26+/m0/s1. The van der Waals surface area contributed by atoms with E-state index in [0.29, 0.717) is 13.0 Å². The number of rotatable bonds is 4. The Balaban J connectivity index is 1.72. The number of hydrogen-bond donors (Lipinski definition) is 2. The van der Waals surface area contributed by atoms with Crippen LogP contribution in [-0.2, 0) is 11.0 Å². The second-order valence-electron chi connectivity index (χ2n) is 7.82. The van der Waals surface area contributed by atoms with Crippen LogP contribution in [0.3, 0.4) is 0 Å². The van der Waals surface area contributed by atoms with Crippen LogP contribution in [0.25, 0.3) is 0 Å². The molecule has 2 N–H and O–H groups in total. The fourth-order valence-electron chi connectivity index (χ4n) is 4.50. The second-order valence-corrected chi connectivity index (χ2v) is 8.19. The summed E-state index contributed by atoms with van der Waals surface area (Å²) in [5.41, 5.74) is -1.77. The molecule has 3 aliphatic heterocycles. The third-order valence-electron chi connectivity index (χ3n) is 6.18. The van der Waals surface area contributed by atoms with Crippen molar-refractivity contribution in [3.8, 4) is 6.07 Å². The number of pyridine rings is 1. The molecule has 156 valence electrons. The molecule has 0 saturated carbocycles. The van der Waals surface area contributed by atoms with E-state index in [1.54, 1.807) is 13.0 Å². The molecule has 4 rings (SSSR count). The van der Waals surface area contributed by atoms with Crippen LogP contribution in [0.15, 0.2) is 0 Å². The number of nitriles is 1. The van der Waals surface area contributed by atoms with Gasteiger partial charge in [0.25, 0.3) is 0 Å². The van der Waals surface area contributed by atoms with Crippen molar-refractivity contribution in [3.63, 3.8) is 0 Å². The number of aliphatic carboxylic acids is 1. The lowest BCUT2D eigenvalue weighted by molar-refractivity contribution is -0.138. The van der Waals surface area contributed by atoms with Crippen LogP contribution in [0.1, 0.15) is 42.5 Å². The van der Waals surface area contributed by atoms with Gasteiger partial charge < -0.3 is 15.1 Å². The first-order chi connectivity index (χ1) is 13.5. The van der Waals surface area contributed by atoms with Gasteiger partial charge in [-0.2, -0.15) is 18.4 Å². The number of piperidine rings is 1. The first-order valence-electron chi connectivity index (χ1n) is 9.17. The third-order valence-corrected chi connectivity index (χ3v) is 6.56. The van der Waals surface area contributed by atoms with Gasteiger partial charge in [-0.25, -0.2) is 4.98 Å². The first-order valence-corrected chi connectivity index (χ1v) is 9.55. The second kappa shape index (κ2) is 6.72. The summed E-state index contributed by atoms with van der Waals surface area (Å²) in [6.45, 7) is 2.10. The fourth-order valence-corrected chi connectivity index (χ4v) is 4.89. The van der Waals surface area contributed by atoms with Crippen LogP contribution in [0.4, 0.5) is 19.0 Å². The molecular weight excluding hydrogens is 413 g/mol. The van der Waals surface area contributed by atoms with Crippen molar-refractivity contribution in [2.75, 3.05) is 18.0 Å². The monoisotopic (exact) mass is 430 g/mol. The van der Waals surface area contributed by atoms with Crippen LogP contribution >= 0.6 is 11.6 Å². The van der Waals surface area contributed by atoms with Gasteiger partial charge in [-0.15, -0.1) is 0 Å². The summed E-state index contributed by atoms with van der Waals surface area (Å²) >= 11 is 6.13. The first kappa shape index (κ1) is 20.2. The lowest BCUT2D eigenvalue weighted by Crippen LogP contribution is -2.59. The molecule has 1 unspecified atom stereocenters. The van der Waals surface area contributed by atoms with Crippen molar-refractivity contribution in [1.29, 1.82) is 5.26 Å². The average Bonchev–Trinajstić information content (AvgIpc) is 3.06. The maximum atomic E-state index is 13.8. The summed E-state index contributed by atoms with van der Waals surface area (Å²) in [5, 5.41) is 27.5. The van der Waals surface area contributed by atoms with E-state index in [1.165, 1.54) is 4.90 Å². The number of carboxylic acids is 1. The molecule has 0 bridgehead atoms. The molecule has 0 amide bonds. The molecule has 4 heterocycles. The van der Waals surface area contributed by atoms with Gasteiger partial charge in [0.2, 0.25) is 0 Å². The van der Waals surface area contributed by atoms with E-state index >= 15 is 0 Å². The smallest absolute Gasteiger partial charge is 0.419 e. The van der Waals surface area contributed by atoms with Gasteiger partial charge in [-0.1, -0.05) is 11.6 Å². The SMILES string of the molecule is C[C@H]1[C@H](O)CN1c1nc(C2C[C@H]3[C@@H](CC(=O)O)[N@]3C2)c(Cl)c(C(F)(F)F)c1C#N. The Morgan fingerprint density at radius 3 is 2.55 bits per heavy atom. The molecule has 0 aliphatic carbocycles. The predicted molar refractivity (Wildman–Crippen MR) is 95.7 cm³/mol. The zero-order chi connectivity index (χ0) is 21.2. The number of carbonyl (C=O) groups is 1. The van der Waals surface area contributed by atoms with E-state index in [4.69, 9.17) is 16.7 Å². The molecule has 0 aromatic carbocycles. The number of aliphatic hydroxyl groups excluding tert-OH is 1. The van der Waals surface area contributed by atoms with Gasteiger partial charge in [-0.3, -0.25) is 9.69 Å². The number of β-amino-alcohol motifs (C(OH)–C–C–N with tert-alkyl or cyclic N) is 1. The molecular formula is C18H18ClF3N4O3. The quantitative estimate of drug-likeness (QED) is 0.706. The summed E-state index contributed by atoms with van der Waals surface area (Å²) in [6, 6.07) is 1.02. The van der Waals surface area contributed by atoms with Crippen LogP contribution in [-0.4, -0.2) is 63.4 Å². The van der Waals surface area contributed by atoms with E-state index in [-0.39, 0.29) is 42.5 Å². The van der Waals surface area contributed by atoms with E-state index in [2.05, 4.69) is 4.98 Å². The van der Waals surface area contributed by atoms with Crippen molar-refractivity contribution in [1.82, 2.24) is 9.88 Å². The van der Waals surface area contributed by atoms with E-state index in [0.717, 1.165) is 0 Å². The highest BCUT2D eigenvalue weighted by molar-refractivity contribution is 6.32. The molecule has 11 heteroatoms. The largest absolute Gasteiger partial charge is 0.481 e. The molecule has 1 aromatic rings.